The van der Waals surface area contributed by atoms with Crippen LogP contribution < -0.4 is 9.44 Å². The maximum Gasteiger partial charge on any atom is 0.304 e. The lowest BCUT2D eigenvalue weighted by Crippen LogP contribution is -2.48. The van der Waals surface area contributed by atoms with Crippen LogP contribution in [0.4, 0.5) is 0 Å². The highest BCUT2D eigenvalue weighted by molar-refractivity contribution is 7.95. The molecule has 1 saturated heterocycles. The fourth-order valence-corrected chi connectivity index (χ4v) is 1.68. The minimum Gasteiger partial charge on any atom is -0.267 e. The second-order valence-corrected chi connectivity index (χ2v) is 3.21. The molecule has 0 aromatic rings. The molecule has 0 spiro atoms. The van der Waals surface area contributed by atoms with Crippen LogP contribution in [0.25, 0.3) is 0 Å². The van der Waals surface area contributed by atoms with Gasteiger partial charge in [-0.25, -0.2) is 9.44 Å². The molecule has 1 fully saturated rings. The normalized spacial score (nSPS) is 26.6. The van der Waals surface area contributed by atoms with Crippen LogP contribution in [0.15, 0.2) is 10.4 Å². The first-order valence-corrected chi connectivity index (χ1v) is 4.42. The third kappa shape index (κ3) is 2.40. The quantitative estimate of drug-likeness (QED) is 0.472. The van der Waals surface area contributed by atoms with Crippen molar-refractivity contribution >= 4 is 23.9 Å². The number of nitrogens with one attached hydrogen (secondary N) is 2. The van der Waals surface area contributed by atoms with Gasteiger partial charge in [0.2, 0.25) is 0 Å². The second-order valence-electron chi connectivity index (χ2n) is 2.54. The van der Waals surface area contributed by atoms with Gasteiger partial charge in [0.1, 0.15) is 12.1 Å². The third-order valence-electron chi connectivity index (χ3n) is 1.65. The van der Waals surface area contributed by atoms with E-state index in [-0.39, 0.29) is 6.42 Å². The summed E-state index contributed by atoms with van der Waals surface area (Å²) in [5.74, 6) is -1.80. The van der Waals surface area contributed by atoms with Crippen molar-refractivity contribution in [1.82, 2.24) is 9.44 Å². The van der Waals surface area contributed by atoms with E-state index in [1.807, 2.05) is 0 Å². The van der Waals surface area contributed by atoms with Gasteiger partial charge in [0.05, 0.1) is 0 Å². The zero-order chi connectivity index (χ0) is 10.6. The largest absolute Gasteiger partial charge is 0.304 e. The Balaban J connectivity index is 2.59. The highest BCUT2D eigenvalue weighted by Gasteiger charge is 2.32. The van der Waals surface area contributed by atoms with E-state index >= 15 is 0 Å². The first kappa shape index (κ1) is 10.9. The Hall–Kier alpha value is -1.19. The molecule has 0 bridgehead atoms. The Labute approximate surface area is 82.4 Å². The van der Waals surface area contributed by atoms with E-state index in [0.29, 0.717) is 0 Å². The van der Waals surface area contributed by atoms with Gasteiger partial charge in [0, 0.05) is 22.5 Å². The van der Waals surface area contributed by atoms with Crippen molar-refractivity contribution < 1.29 is 9.59 Å². The molecule has 0 radical (unpaired) electrons. The molecule has 1 rings (SSSR count). The molecule has 2 unspecified atom stereocenters. The smallest absolute Gasteiger partial charge is 0.267 e. The van der Waals surface area contributed by atoms with Crippen LogP contribution in [-0.4, -0.2) is 23.9 Å². The maximum absolute atomic E-state index is 10.8. The summed E-state index contributed by atoms with van der Waals surface area (Å²) in [6.45, 7) is 0. The number of nitroso groups, excluding NO2 is 2. The molecule has 8 nitrogen and oxygen atoms in total. The van der Waals surface area contributed by atoms with Crippen LogP contribution >= 0.6 is 12.1 Å². The van der Waals surface area contributed by atoms with Gasteiger partial charge in [-0.1, -0.05) is 0 Å². The lowest BCUT2D eigenvalue weighted by Gasteiger charge is -2.24. The minimum atomic E-state index is -0.900. The fourth-order valence-electron chi connectivity index (χ4n) is 0.938. The molecular formula is C5H6N4O4S. The fraction of sp³-hybridized carbons (Fsp3) is 0.600. The zero-order valence-electron chi connectivity index (χ0n) is 6.80. The van der Waals surface area contributed by atoms with Gasteiger partial charge in [-0.05, 0) is 6.42 Å². The molecule has 1 heterocycles. The van der Waals surface area contributed by atoms with Gasteiger partial charge in [-0.2, -0.15) is 0 Å². The van der Waals surface area contributed by atoms with E-state index in [9.17, 15) is 19.4 Å². The second kappa shape index (κ2) is 4.88. The Morgan fingerprint density at radius 1 is 1.07 bits per heavy atom. The Bertz CT molecular complexity index is 257. The molecule has 0 aromatic heterocycles. The summed E-state index contributed by atoms with van der Waals surface area (Å²) in [7, 11) is 0. The number of nitrogens with zero attached hydrogens (tertiary/aromatic N) is 2. The molecule has 0 aromatic carbocycles. The van der Waals surface area contributed by atoms with E-state index in [0.717, 1.165) is 12.1 Å². The van der Waals surface area contributed by atoms with Crippen LogP contribution in [0, 0.1) is 9.81 Å². The van der Waals surface area contributed by atoms with E-state index < -0.39 is 23.9 Å². The number of hydrogen-bond acceptors (Lipinski definition) is 7. The van der Waals surface area contributed by atoms with Crippen LogP contribution in [0.2, 0.25) is 0 Å². The predicted molar refractivity (Wildman–Crippen MR) is 47.7 cm³/mol. The molecule has 9 heteroatoms. The SMILES string of the molecule is O=NC(=O)C1CC(C(=O)N=O)NSN1. The Morgan fingerprint density at radius 2 is 1.50 bits per heavy atom. The summed E-state index contributed by atoms with van der Waals surface area (Å²) < 4.78 is 5.09. The Kier molecular flexibility index (Phi) is 3.80. The first-order chi connectivity index (χ1) is 6.69. The summed E-state index contributed by atoms with van der Waals surface area (Å²) in [6.07, 6.45) is -0.0118. The topological polar surface area (TPSA) is 117 Å². The molecule has 2 amide bonds. The average Bonchev–Trinajstić information content (AvgIpc) is 2.27. The van der Waals surface area contributed by atoms with E-state index in [4.69, 9.17) is 0 Å². The number of rotatable bonds is 2. The van der Waals surface area contributed by atoms with Gasteiger partial charge in [-0.15, -0.1) is 9.81 Å². The summed E-state index contributed by atoms with van der Waals surface area (Å²) in [5, 5.41) is 4.44. The van der Waals surface area contributed by atoms with Crippen LogP contribution in [0.3, 0.4) is 0 Å². The lowest BCUT2D eigenvalue weighted by atomic mass is 10.1. The van der Waals surface area contributed by atoms with Gasteiger partial charge in [0.15, 0.2) is 0 Å². The third-order valence-corrected chi connectivity index (χ3v) is 2.45. The van der Waals surface area contributed by atoms with E-state index in [1.54, 1.807) is 0 Å². The average molecular weight is 218 g/mol. The van der Waals surface area contributed by atoms with Crippen LogP contribution in [0.5, 0.6) is 0 Å². The zero-order valence-corrected chi connectivity index (χ0v) is 7.61. The molecule has 76 valence electrons. The highest BCUT2D eigenvalue weighted by Crippen LogP contribution is 2.13. The van der Waals surface area contributed by atoms with Gasteiger partial charge in [-0.3, -0.25) is 9.59 Å². The maximum atomic E-state index is 10.8. The summed E-state index contributed by atoms with van der Waals surface area (Å²) in [5.41, 5.74) is 0. The predicted octanol–water partition coefficient (Wildman–Crippen LogP) is -0.544. The minimum absolute atomic E-state index is 0.0118. The monoisotopic (exact) mass is 218 g/mol. The first-order valence-electron chi connectivity index (χ1n) is 3.60. The molecule has 1 aliphatic rings. The number of carbonyl (C=O) groups excluding carboxylic acids is 2. The standard InChI is InChI=1S/C5H6N4O4S/c10-4(6-12)2-1-3(5(11)7-13)9-14-8-2/h2-3,8-9H,1H2. The molecule has 14 heavy (non-hydrogen) atoms. The molecule has 0 aliphatic carbocycles. The van der Waals surface area contributed by atoms with Crippen LogP contribution in [-0.2, 0) is 9.59 Å². The van der Waals surface area contributed by atoms with E-state index in [2.05, 4.69) is 19.8 Å². The van der Waals surface area contributed by atoms with Gasteiger partial charge < -0.3 is 0 Å². The molecule has 1 aliphatic heterocycles. The molecule has 0 saturated carbocycles. The Morgan fingerprint density at radius 3 is 1.86 bits per heavy atom. The molecule has 2 N–H and O–H groups in total. The van der Waals surface area contributed by atoms with E-state index in [1.165, 1.54) is 0 Å². The van der Waals surface area contributed by atoms with Crippen molar-refractivity contribution in [3.8, 4) is 0 Å². The highest BCUT2D eigenvalue weighted by atomic mass is 32.2. The number of carbonyl (C=O) groups is 2. The summed E-state index contributed by atoms with van der Waals surface area (Å²) in [4.78, 5) is 41.5. The van der Waals surface area contributed by atoms with Crippen molar-refractivity contribution in [3.63, 3.8) is 0 Å². The van der Waals surface area contributed by atoms with Gasteiger partial charge in [0.25, 0.3) is 0 Å². The van der Waals surface area contributed by atoms with Crippen LogP contribution in [0.1, 0.15) is 6.42 Å². The van der Waals surface area contributed by atoms with Crippen molar-refractivity contribution in [1.29, 1.82) is 0 Å². The number of hydrogen-bond donors (Lipinski definition) is 2. The summed E-state index contributed by atoms with van der Waals surface area (Å²) >= 11 is 0.859. The van der Waals surface area contributed by atoms with Crippen molar-refractivity contribution in [2.75, 3.05) is 0 Å². The lowest BCUT2D eigenvalue weighted by molar-refractivity contribution is -0.121. The molecular weight excluding hydrogens is 212 g/mol. The molecule has 2 atom stereocenters. The van der Waals surface area contributed by atoms with Crippen molar-refractivity contribution in [2.45, 2.75) is 18.5 Å². The van der Waals surface area contributed by atoms with Gasteiger partial charge >= 0.3 is 11.8 Å². The number of amides is 2. The van der Waals surface area contributed by atoms with Crippen molar-refractivity contribution in [3.05, 3.63) is 9.81 Å². The summed E-state index contributed by atoms with van der Waals surface area (Å²) in [6, 6.07) is -1.70. The van der Waals surface area contributed by atoms with Crippen molar-refractivity contribution in [2.24, 2.45) is 10.4 Å².